The Kier molecular flexibility index (Phi) is 4.84. The van der Waals surface area contributed by atoms with Crippen LogP contribution in [0.25, 0.3) is 0 Å². The van der Waals surface area contributed by atoms with Crippen molar-refractivity contribution in [2.75, 3.05) is 13.2 Å². The minimum absolute atomic E-state index is 0.183. The van der Waals surface area contributed by atoms with Gasteiger partial charge in [-0.1, -0.05) is 34.7 Å². The second-order valence-electron chi connectivity index (χ2n) is 3.03. The highest BCUT2D eigenvalue weighted by Gasteiger charge is 2.12. The van der Waals surface area contributed by atoms with Crippen molar-refractivity contribution in [3.63, 3.8) is 0 Å². The van der Waals surface area contributed by atoms with Crippen molar-refractivity contribution in [1.29, 1.82) is 0 Å². The van der Waals surface area contributed by atoms with Crippen molar-refractivity contribution >= 4 is 21.7 Å². The summed E-state index contributed by atoms with van der Waals surface area (Å²) in [6, 6.07) is 0. The van der Waals surface area contributed by atoms with Crippen LogP contribution in [0.2, 0.25) is 0 Å². The number of allylic oxidation sites excluding steroid dienone is 4. The molecule has 1 aliphatic heterocycles. The van der Waals surface area contributed by atoms with E-state index in [1.165, 1.54) is 0 Å². The Bertz CT molecular complexity index is 290. The highest BCUT2D eigenvalue weighted by molar-refractivity contribution is 9.11. The van der Waals surface area contributed by atoms with Gasteiger partial charge in [0, 0.05) is 23.1 Å². The van der Waals surface area contributed by atoms with Gasteiger partial charge in [-0.05, 0) is 12.5 Å². The Labute approximate surface area is 92.5 Å². The van der Waals surface area contributed by atoms with E-state index in [4.69, 9.17) is 4.74 Å². The molecule has 0 aromatic rings. The van der Waals surface area contributed by atoms with Gasteiger partial charge in [0.15, 0.2) is 5.78 Å². The van der Waals surface area contributed by atoms with Crippen LogP contribution in [-0.4, -0.2) is 19.0 Å². The van der Waals surface area contributed by atoms with E-state index in [1.54, 1.807) is 12.2 Å². The fourth-order valence-electron chi connectivity index (χ4n) is 1.15. The molecule has 1 fully saturated rings. The number of carbonyl (C=O) groups is 1. The Morgan fingerprint density at radius 1 is 1.57 bits per heavy atom. The Balaban J connectivity index is 2.72. The third-order valence-electron chi connectivity index (χ3n) is 1.95. The molecule has 0 amide bonds. The zero-order valence-corrected chi connectivity index (χ0v) is 9.55. The molecule has 0 aromatic heterocycles. The standard InChI is InChI=1S/C11H13BrO2/c1-2-10(12)6-5-9-8-14-7-3-4-11(9)13/h2,5-6H,1,3-4,7-8H2/b9-5+,10-6+. The fourth-order valence-corrected chi connectivity index (χ4v) is 1.28. The van der Waals surface area contributed by atoms with Crippen molar-refractivity contribution in [3.8, 4) is 0 Å². The monoisotopic (exact) mass is 256 g/mol. The van der Waals surface area contributed by atoms with E-state index in [-0.39, 0.29) is 5.78 Å². The maximum Gasteiger partial charge on any atom is 0.161 e. The van der Waals surface area contributed by atoms with E-state index in [0.29, 0.717) is 19.6 Å². The van der Waals surface area contributed by atoms with Crippen LogP contribution in [0, 0.1) is 0 Å². The van der Waals surface area contributed by atoms with E-state index >= 15 is 0 Å². The number of hydrogen-bond acceptors (Lipinski definition) is 2. The highest BCUT2D eigenvalue weighted by Crippen LogP contribution is 2.12. The maximum atomic E-state index is 11.5. The first kappa shape index (κ1) is 11.4. The number of Topliss-reactive ketones (excluding diaryl/α,β-unsaturated/α-hetero) is 1. The van der Waals surface area contributed by atoms with E-state index < -0.39 is 0 Å². The van der Waals surface area contributed by atoms with Crippen molar-refractivity contribution in [3.05, 3.63) is 34.9 Å². The van der Waals surface area contributed by atoms with Gasteiger partial charge in [-0.15, -0.1) is 0 Å². The SMILES string of the molecule is C=C/C(Br)=C\C=C1/COCCCC1=O. The first-order valence-electron chi connectivity index (χ1n) is 4.54. The summed E-state index contributed by atoms with van der Waals surface area (Å²) in [5.74, 6) is 0.183. The van der Waals surface area contributed by atoms with Crippen LogP contribution in [-0.2, 0) is 9.53 Å². The normalized spacial score (nSPS) is 22.2. The highest BCUT2D eigenvalue weighted by atomic mass is 79.9. The predicted octanol–water partition coefficient (Wildman–Crippen LogP) is 2.76. The van der Waals surface area contributed by atoms with Crippen molar-refractivity contribution in [2.24, 2.45) is 0 Å². The minimum atomic E-state index is 0.183. The molecule has 3 heteroatoms. The zero-order chi connectivity index (χ0) is 10.4. The average molecular weight is 257 g/mol. The van der Waals surface area contributed by atoms with Gasteiger partial charge < -0.3 is 4.74 Å². The van der Waals surface area contributed by atoms with Crippen LogP contribution in [0.1, 0.15) is 12.8 Å². The van der Waals surface area contributed by atoms with E-state index in [9.17, 15) is 4.79 Å². The number of rotatable bonds is 2. The van der Waals surface area contributed by atoms with Gasteiger partial charge >= 0.3 is 0 Å². The summed E-state index contributed by atoms with van der Waals surface area (Å²) < 4.78 is 6.15. The lowest BCUT2D eigenvalue weighted by molar-refractivity contribution is -0.115. The van der Waals surface area contributed by atoms with Crippen LogP contribution in [0.3, 0.4) is 0 Å². The Morgan fingerprint density at radius 2 is 2.36 bits per heavy atom. The second kappa shape index (κ2) is 5.94. The van der Waals surface area contributed by atoms with Crippen LogP contribution < -0.4 is 0 Å². The summed E-state index contributed by atoms with van der Waals surface area (Å²) in [7, 11) is 0. The Morgan fingerprint density at radius 3 is 3.07 bits per heavy atom. The summed E-state index contributed by atoms with van der Waals surface area (Å²) in [6.07, 6.45) is 6.70. The summed E-state index contributed by atoms with van der Waals surface area (Å²) in [6.45, 7) is 4.70. The summed E-state index contributed by atoms with van der Waals surface area (Å²) in [5.41, 5.74) is 0.737. The van der Waals surface area contributed by atoms with Gasteiger partial charge in [0.2, 0.25) is 0 Å². The average Bonchev–Trinajstić information content (AvgIpc) is 2.39. The van der Waals surface area contributed by atoms with E-state index in [0.717, 1.165) is 16.5 Å². The van der Waals surface area contributed by atoms with Crippen LogP contribution >= 0.6 is 15.9 Å². The summed E-state index contributed by atoms with van der Waals surface area (Å²) in [4.78, 5) is 11.5. The molecule has 0 unspecified atom stereocenters. The van der Waals surface area contributed by atoms with Crippen LogP contribution in [0.15, 0.2) is 34.9 Å². The number of ether oxygens (including phenoxy) is 1. The van der Waals surface area contributed by atoms with Gasteiger partial charge in [-0.25, -0.2) is 0 Å². The largest absolute Gasteiger partial charge is 0.377 e. The first-order chi connectivity index (χ1) is 6.74. The molecule has 1 aliphatic rings. The van der Waals surface area contributed by atoms with Crippen LogP contribution in [0.4, 0.5) is 0 Å². The number of hydrogen-bond donors (Lipinski definition) is 0. The summed E-state index contributed by atoms with van der Waals surface area (Å²) in [5, 5.41) is 0. The summed E-state index contributed by atoms with van der Waals surface area (Å²) >= 11 is 3.29. The van der Waals surface area contributed by atoms with Gasteiger partial charge in [-0.3, -0.25) is 4.79 Å². The second-order valence-corrected chi connectivity index (χ2v) is 3.94. The molecular formula is C11H13BrO2. The minimum Gasteiger partial charge on any atom is -0.377 e. The molecule has 0 bridgehead atoms. The predicted molar refractivity (Wildman–Crippen MR) is 60.4 cm³/mol. The molecule has 76 valence electrons. The van der Waals surface area contributed by atoms with Gasteiger partial charge in [0.25, 0.3) is 0 Å². The number of carbonyl (C=O) groups excluding carboxylic acids is 1. The van der Waals surface area contributed by atoms with Crippen molar-refractivity contribution in [1.82, 2.24) is 0 Å². The molecule has 1 rings (SSSR count). The fraction of sp³-hybridized carbons (Fsp3) is 0.364. The maximum absolute atomic E-state index is 11.5. The van der Waals surface area contributed by atoms with Gasteiger partial charge in [-0.2, -0.15) is 0 Å². The molecule has 1 heterocycles. The zero-order valence-electron chi connectivity index (χ0n) is 7.96. The van der Waals surface area contributed by atoms with Crippen LogP contribution in [0.5, 0.6) is 0 Å². The molecule has 0 saturated carbocycles. The van der Waals surface area contributed by atoms with Crippen molar-refractivity contribution < 1.29 is 9.53 Å². The lowest BCUT2D eigenvalue weighted by Crippen LogP contribution is -2.03. The molecule has 0 atom stereocenters. The third kappa shape index (κ3) is 3.60. The number of ketones is 1. The smallest absolute Gasteiger partial charge is 0.161 e. The first-order valence-corrected chi connectivity index (χ1v) is 5.33. The lowest BCUT2D eigenvalue weighted by Gasteiger charge is -1.99. The molecule has 0 aromatic carbocycles. The molecule has 0 radical (unpaired) electrons. The molecule has 0 aliphatic carbocycles. The quantitative estimate of drug-likeness (QED) is 0.561. The van der Waals surface area contributed by atoms with Gasteiger partial charge in [0.05, 0.1) is 6.61 Å². The lowest BCUT2D eigenvalue weighted by atomic mass is 10.1. The number of halogens is 1. The van der Waals surface area contributed by atoms with Crippen molar-refractivity contribution in [2.45, 2.75) is 12.8 Å². The van der Waals surface area contributed by atoms with E-state index in [2.05, 4.69) is 22.5 Å². The van der Waals surface area contributed by atoms with Gasteiger partial charge in [0.1, 0.15) is 0 Å². The molecule has 14 heavy (non-hydrogen) atoms. The molecule has 0 spiro atoms. The molecular weight excluding hydrogens is 244 g/mol. The third-order valence-corrected chi connectivity index (χ3v) is 2.54. The topological polar surface area (TPSA) is 26.3 Å². The molecule has 2 nitrogen and oxygen atoms in total. The van der Waals surface area contributed by atoms with E-state index in [1.807, 2.05) is 6.08 Å². The molecule has 1 saturated heterocycles. The Hall–Kier alpha value is -0.670. The molecule has 0 N–H and O–H groups in total.